The Balaban J connectivity index is 2.40. The second kappa shape index (κ2) is 18.9. The molecule has 1 aromatic carbocycles. The Morgan fingerprint density at radius 2 is 0.852 bits per heavy atom. The highest BCUT2D eigenvalue weighted by molar-refractivity contribution is 5.93. The van der Waals surface area contributed by atoms with E-state index in [4.69, 9.17) is 14.2 Å². The van der Waals surface area contributed by atoms with Crippen LogP contribution >= 0.6 is 0 Å². The Morgan fingerprint density at radius 3 is 1.13 bits per heavy atom. The van der Waals surface area contributed by atoms with Crippen LogP contribution in [0.1, 0.15) is 73.4 Å². The van der Waals surface area contributed by atoms with Crippen LogP contribution in [0.25, 0.3) is 0 Å². The molecule has 0 radical (unpaired) electrons. The zero-order chi connectivity index (χ0) is 41.3. The van der Waals surface area contributed by atoms with Gasteiger partial charge in [0, 0.05) is 52.4 Å². The highest BCUT2D eigenvalue weighted by Crippen LogP contribution is 2.39. The fraction of sp³-hybridized carbons (Fsp3) is 0.722. The molecule has 0 spiro atoms. The predicted octanol–water partition coefficient (Wildman–Crippen LogP) is 4.91. The number of nitrogens with one attached hydrogen (secondary N) is 1. The molecule has 18 heteroatoms. The summed E-state index contributed by atoms with van der Waals surface area (Å²) in [7, 11) is 0. The summed E-state index contributed by atoms with van der Waals surface area (Å²) in [6.07, 6.45) is -10.2. The lowest BCUT2D eigenvalue weighted by Gasteiger charge is -2.34. The summed E-state index contributed by atoms with van der Waals surface area (Å²) in [6.45, 7) is 16.4. The van der Waals surface area contributed by atoms with Crippen LogP contribution in [0.15, 0.2) is 18.2 Å². The Kier molecular flexibility index (Phi) is 16.3. The number of alkyl halides is 6. The molecule has 308 valence electrons. The molecule has 54 heavy (non-hydrogen) atoms. The molecule has 0 aromatic heterocycles. The van der Waals surface area contributed by atoms with Gasteiger partial charge in [0.25, 0.3) is 0 Å². The van der Waals surface area contributed by atoms with E-state index in [9.17, 15) is 45.5 Å². The van der Waals surface area contributed by atoms with E-state index in [0.717, 1.165) is 0 Å². The van der Waals surface area contributed by atoms with E-state index < -0.39 is 76.3 Å². The molecule has 0 atom stereocenters. The maximum absolute atomic E-state index is 13.8. The molecular formula is C36H55F6N5O7. The second-order valence-electron chi connectivity index (χ2n) is 16.2. The molecule has 0 unspecified atom stereocenters. The normalized spacial score (nSPS) is 17.2. The van der Waals surface area contributed by atoms with Crippen molar-refractivity contribution in [1.82, 2.24) is 19.6 Å². The van der Waals surface area contributed by atoms with Crippen molar-refractivity contribution in [3.63, 3.8) is 0 Å². The Labute approximate surface area is 313 Å². The van der Waals surface area contributed by atoms with Gasteiger partial charge in [-0.3, -0.25) is 38.8 Å². The molecule has 2 rings (SSSR count). The van der Waals surface area contributed by atoms with Gasteiger partial charge in [0.15, 0.2) is 0 Å². The zero-order valence-corrected chi connectivity index (χ0v) is 32.6. The van der Waals surface area contributed by atoms with Gasteiger partial charge < -0.3 is 19.5 Å². The van der Waals surface area contributed by atoms with Gasteiger partial charge in [-0.15, -0.1) is 0 Å². The molecule has 0 bridgehead atoms. The second-order valence-corrected chi connectivity index (χ2v) is 16.2. The predicted molar refractivity (Wildman–Crippen MR) is 188 cm³/mol. The third-order valence-electron chi connectivity index (χ3n) is 7.54. The lowest BCUT2D eigenvalue weighted by molar-refractivity contribution is -0.158. The number of halogens is 6. The minimum atomic E-state index is -5.20. The molecule has 0 aliphatic carbocycles. The van der Waals surface area contributed by atoms with Crippen LogP contribution in [0.5, 0.6) is 0 Å². The lowest BCUT2D eigenvalue weighted by atomic mass is 10.1. The maximum atomic E-state index is 13.8. The largest absolute Gasteiger partial charge is 0.459 e. The van der Waals surface area contributed by atoms with Crippen molar-refractivity contribution < 1.29 is 59.7 Å². The molecule has 1 fully saturated rings. The Morgan fingerprint density at radius 1 is 0.537 bits per heavy atom. The molecular weight excluding hydrogens is 728 g/mol. The van der Waals surface area contributed by atoms with Gasteiger partial charge in [-0.2, -0.15) is 26.3 Å². The minimum absolute atomic E-state index is 0.0545. The fourth-order valence-electron chi connectivity index (χ4n) is 5.34. The van der Waals surface area contributed by atoms with Crippen molar-refractivity contribution in [2.24, 2.45) is 0 Å². The maximum Gasteiger partial charge on any atom is 0.418 e. The number of rotatable bonds is 9. The van der Waals surface area contributed by atoms with Crippen molar-refractivity contribution in [2.45, 2.75) is 91.5 Å². The number of benzene rings is 1. The minimum Gasteiger partial charge on any atom is -0.459 e. The van der Waals surface area contributed by atoms with Crippen LogP contribution in [0, 0.1) is 0 Å². The first-order valence-electron chi connectivity index (χ1n) is 17.6. The monoisotopic (exact) mass is 783 g/mol. The summed E-state index contributed by atoms with van der Waals surface area (Å²) in [5.41, 5.74) is -6.29. The van der Waals surface area contributed by atoms with Crippen LogP contribution < -0.4 is 5.32 Å². The van der Waals surface area contributed by atoms with Gasteiger partial charge >= 0.3 is 30.3 Å². The quantitative estimate of drug-likeness (QED) is 0.209. The van der Waals surface area contributed by atoms with E-state index >= 15 is 0 Å². The molecule has 1 amide bonds. The summed E-state index contributed by atoms with van der Waals surface area (Å²) in [5, 5.41) is 2.11. The first kappa shape index (κ1) is 46.7. The first-order chi connectivity index (χ1) is 24.5. The van der Waals surface area contributed by atoms with Gasteiger partial charge in [-0.25, -0.2) is 0 Å². The van der Waals surface area contributed by atoms with Gasteiger partial charge in [0.05, 0.1) is 43.0 Å². The third kappa shape index (κ3) is 18.7. The highest BCUT2D eigenvalue weighted by Gasteiger charge is 2.39. The van der Waals surface area contributed by atoms with Crippen LogP contribution in [-0.2, 0) is 45.7 Å². The number of hydrogen-bond acceptors (Lipinski definition) is 11. The number of amides is 1. The van der Waals surface area contributed by atoms with E-state index in [1.54, 1.807) is 77.0 Å². The van der Waals surface area contributed by atoms with E-state index in [1.807, 2.05) is 4.90 Å². The molecule has 1 aliphatic rings. The molecule has 1 saturated heterocycles. The van der Waals surface area contributed by atoms with Crippen LogP contribution in [-0.4, -0.2) is 139 Å². The van der Waals surface area contributed by atoms with Gasteiger partial charge in [0.2, 0.25) is 5.91 Å². The molecule has 1 heterocycles. The highest BCUT2D eigenvalue weighted by atomic mass is 19.4. The molecule has 0 saturated carbocycles. The first-order valence-corrected chi connectivity index (χ1v) is 17.6. The number of hydrogen-bond donors (Lipinski definition) is 1. The number of carbonyl (C=O) groups excluding carboxylic acids is 4. The smallest absolute Gasteiger partial charge is 0.418 e. The topological polar surface area (TPSA) is 121 Å². The van der Waals surface area contributed by atoms with Crippen molar-refractivity contribution in [1.29, 1.82) is 0 Å². The van der Waals surface area contributed by atoms with Gasteiger partial charge in [0.1, 0.15) is 16.8 Å². The molecule has 1 aromatic rings. The number of nitrogens with zero attached hydrogens (tertiary/aromatic N) is 4. The van der Waals surface area contributed by atoms with Crippen LogP contribution in [0.3, 0.4) is 0 Å². The summed E-state index contributed by atoms with van der Waals surface area (Å²) >= 11 is 0. The number of ether oxygens (including phenoxy) is 3. The van der Waals surface area contributed by atoms with E-state index in [2.05, 4.69) is 5.32 Å². The Hall–Kier alpha value is -3.48. The van der Waals surface area contributed by atoms with Gasteiger partial charge in [-0.05, 0) is 80.5 Å². The average Bonchev–Trinajstić information content (AvgIpc) is 2.94. The van der Waals surface area contributed by atoms with Crippen LogP contribution in [0.4, 0.5) is 32.0 Å². The summed E-state index contributed by atoms with van der Waals surface area (Å²) in [5.74, 6) is -2.44. The van der Waals surface area contributed by atoms with E-state index in [-0.39, 0.29) is 78.1 Å². The lowest BCUT2D eigenvalue weighted by Crippen LogP contribution is -2.50. The Bertz CT molecular complexity index is 1390. The summed E-state index contributed by atoms with van der Waals surface area (Å²) in [6, 6.07) is 0.964. The molecule has 12 nitrogen and oxygen atoms in total. The molecule has 1 aliphatic heterocycles. The van der Waals surface area contributed by atoms with Crippen molar-refractivity contribution in [2.75, 3.05) is 83.9 Å². The zero-order valence-electron chi connectivity index (χ0n) is 32.6. The summed E-state index contributed by atoms with van der Waals surface area (Å²) < 4.78 is 97.6. The van der Waals surface area contributed by atoms with Crippen molar-refractivity contribution in [3.05, 3.63) is 29.3 Å². The van der Waals surface area contributed by atoms with Crippen molar-refractivity contribution >= 4 is 29.5 Å². The standard InChI is InChI=1S/C36H55F6N5O7/c1-32(2,3)52-29(49)22-45-14-12-44(21-28(48)43-27-11-10-25(35(37,38)39)20-26(27)36(40,41)42)13-15-46(23-30(50)53-33(4,5)6)17-19-47(18-16-45)24-31(51)54-34(7,8)9/h10-11,20H,12-19,21-24H2,1-9H3,(H,43,48). The number of esters is 3. The average molecular weight is 784 g/mol. The van der Waals surface area contributed by atoms with E-state index in [1.165, 1.54) is 0 Å². The molecule has 1 N–H and O–H groups in total. The third-order valence-corrected chi connectivity index (χ3v) is 7.54. The number of carbonyl (C=O) groups is 4. The van der Waals surface area contributed by atoms with Crippen LogP contribution in [0.2, 0.25) is 0 Å². The fourth-order valence-corrected chi connectivity index (χ4v) is 5.34. The van der Waals surface area contributed by atoms with Gasteiger partial charge in [-0.1, -0.05) is 0 Å². The van der Waals surface area contributed by atoms with E-state index in [0.29, 0.717) is 12.1 Å². The SMILES string of the molecule is CC(C)(C)OC(=O)CN1CCN(CC(=O)Nc2ccc(C(F)(F)F)cc2C(F)(F)F)CCN(CC(=O)OC(C)(C)C)CCN(CC(=O)OC(C)(C)C)CC1. The number of anilines is 1. The summed E-state index contributed by atoms with van der Waals surface area (Å²) in [4.78, 5) is 58.8. The van der Waals surface area contributed by atoms with Crippen molar-refractivity contribution in [3.8, 4) is 0 Å².